The minimum Gasteiger partial charge on any atom is -0.482 e. The Bertz CT molecular complexity index is 1440. The van der Waals surface area contributed by atoms with E-state index in [0.29, 0.717) is 35.0 Å². The van der Waals surface area contributed by atoms with Gasteiger partial charge < -0.3 is 14.6 Å². The van der Waals surface area contributed by atoms with Crippen molar-refractivity contribution in [3.63, 3.8) is 0 Å². The summed E-state index contributed by atoms with van der Waals surface area (Å²) in [4.78, 5) is 26.4. The van der Waals surface area contributed by atoms with Crippen LogP contribution < -0.4 is 4.74 Å². The molecule has 184 valence electrons. The number of H-pyrrole nitrogens is 1. The summed E-state index contributed by atoms with van der Waals surface area (Å²) < 4.78 is 11.5. The van der Waals surface area contributed by atoms with Crippen LogP contribution in [0.4, 0.5) is 4.79 Å². The molecule has 1 aliphatic heterocycles. The van der Waals surface area contributed by atoms with Crippen LogP contribution in [0.25, 0.3) is 10.9 Å². The zero-order valence-corrected chi connectivity index (χ0v) is 20.2. The van der Waals surface area contributed by atoms with Gasteiger partial charge in [0.2, 0.25) is 0 Å². The zero-order chi connectivity index (χ0) is 25.2. The number of para-hydroxylation sites is 1. The number of fused-ring (bicyclic) bond motifs is 2. The summed E-state index contributed by atoms with van der Waals surface area (Å²) in [7, 11) is 0. The predicted molar refractivity (Wildman–Crippen MR) is 134 cm³/mol. The number of aromatic amines is 1. The third-order valence-electron chi connectivity index (χ3n) is 6.31. The van der Waals surface area contributed by atoms with Gasteiger partial charge in [0.05, 0.1) is 17.3 Å². The molecule has 0 saturated heterocycles. The van der Waals surface area contributed by atoms with Crippen molar-refractivity contribution in [1.82, 2.24) is 15.1 Å². The standard InChI is InChI=1S/C27H24ClN3O5/c1-16(25-20-8-4-5-9-22(20)29-30-25)36-27(34)31-13-12-17-6-2-3-7-19(17)26(31)21-14-18(28)10-11-23(21)35-15-24(32)33/h2-11,14,16,26H,12-13,15H2,1H3,(H,29,30)(H,32,33)/t16?,26-/m0/s1. The van der Waals surface area contributed by atoms with E-state index in [4.69, 9.17) is 26.2 Å². The summed E-state index contributed by atoms with van der Waals surface area (Å²) in [5.41, 5.74) is 4.08. The van der Waals surface area contributed by atoms with Crippen LogP contribution in [0.15, 0.2) is 66.7 Å². The summed E-state index contributed by atoms with van der Waals surface area (Å²) >= 11 is 6.34. The van der Waals surface area contributed by atoms with E-state index in [9.17, 15) is 9.59 Å². The lowest BCUT2D eigenvalue weighted by atomic mass is 9.88. The van der Waals surface area contributed by atoms with Gasteiger partial charge in [-0.05, 0) is 48.7 Å². The Morgan fingerprint density at radius 3 is 2.75 bits per heavy atom. The molecule has 8 nitrogen and oxygen atoms in total. The Morgan fingerprint density at radius 2 is 1.92 bits per heavy atom. The molecule has 1 amide bonds. The van der Waals surface area contributed by atoms with E-state index in [0.717, 1.165) is 22.0 Å². The SMILES string of the molecule is CC(OC(=O)N1CCc2ccccc2[C@H]1c1cc(Cl)ccc1OCC(=O)O)c1[nH]nc2ccccc12. The molecule has 1 aromatic heterocycles. The number of aliphatic carboxylic acids is 1. The number of nitrogens with one attached hydrogen (secondary N) is 1. The largest absolute Gasteiger partial charge is 0.482 e. The molecule has 2 heterocycles. The van der Waals surface area contributed by atoms with Crippen LogP contribution in [0.2, 0.25) is 5.02 Å². The molecule has 1 aliphatic rings. The van der Waals surface area contributed by atoms with E-state index in [-0.39, 0.29) is 0 Å². The number of halogens is 1. The summed E-state index contributed by atoms with van der Waals surface area (Å²) in [6.45, 7) is 1.69. The van der Waals surface area contributed by atoms with Crippen molar-refractivity contribution >= 4 is 34.6 Å². The smallest absolute Gasteiger partial charge is 0.411 e. The predicted octanol–water partition coefficient (Wildman–Crippen LogP) is 5.53. The first-order chi connectivity index (χ1) is 17.4. The second-order valence-corrected chi connectivity index (χ2v) is 9.03. The number of carboxylic acids is 1. The van der Waals surface area contributed by atoms with Gasteiger partial charge >= 0.3 is 12.1 Å². The molecule has 0 saturated carbocycles. The highest BCUT2D eigenvalue weighted by molar-refractivity contribution is 6.30. The minimum absolute atomic E-state index is 0.342. The highest BCUT2D eigenvalue weighted by Crippen LogP contribution is 2.41. The van der Waals surface area contributed by atoms with Crippen LogP contribution in [0.1, 0.15) is 41.5 Å². The average Bonchev–Trinajstić information content (AvgIpc) is 3.31. The molecule has 9 heteroatoms. The molecule has 3 aromatic carbocycles. The molecular formula is C27H24ClN3O5. The molecule has 0 bridgehead atoms. The van der Waals surface area contributed by atoms with Crippen LogP contribution in [0.3, 0.4) is 0 Å². The number of carboxylic acid groups (broad SMARTS) is 1. The van der Waals surface area contributed by atoms with Crippen molar-refractivity contribution < 1.29 is 24.2 Å². The fourth-order valence-corrected chi connectivity index (χ4v) is 4.85. The van der Waals surface area contributed by atoms with E-state index in [1.54, 1.807) is 30.0 Å². The minimum atomic E-state index is -1.10. The lowest BCUT2D eigenvalue weighted by Gasteiger charge is -2.38. The van der Waals surface area contributed by atoms with Gasteiger partial charge in [0.1, 0.15) is 11.9 Å². The normalized spacial score (nSPS) is 15.8. The summed E-state index contributed by atoms with van der Waals surface area (Å²) in [6.07, 6.45) is -0.440. The van der Waals surface area contributed by atoms with Crippen molar-refractivity contribution in [3.8, 4) is 5.75 Å². The van der Waals surface area contributed by atoms with Gasteiger partial charge in [-0.25, -0.2) is 9.59 Å². The number of carbonyl (C=O) groups excluding carboxylic acids is 1. The fraction of sp³-hybridized carbons (Fsp3) is 0.222. The van der Waals surface area contributed by atoms with Crippen molar-refractivity contribution in [2.75, 3.05) is 13.2 Å². The number of amides is 1. The molecule has 0 aliphatic carbocycles. The van der Waals surface area contributed by atoms with E-state index in [1.807, 2.05) is 48.5 Å². The van der Waals surface area contributed by atoms with Gasteiger partial charge in [0, 0.05) is 22.5 Å². The lowest BCUT2D eigenvalue weighted by Crippen LogP contribution is -2.41. The maximum atomic E-state index is 13.6. The van der Waals surface area contributed by atoms with E-state index >= 15 is 0 Å². The van der Waals surface area contributed by atoms with Crippen molar-refractivity contribution in [2.24, 2.45) is 0 Å². The van der Waals surface area contributed by atoms with Gasteiger partial charge in [-0.1, -0.05) is 54.1 Å². The van der Waals surface area contributed by atoms with Crippen LogP contribution in [-0.4, -0.2) is 45.4 Å². The number of hydrogen-bond donors (Lipinski definition) is 2. The Labute approximate surface area is 212 Å². The van der Waals surface area contributed by atoms with Crippen molar-refractivity contribution in [3.05, 3.63) is 94.1 Å². The number of rotatable bonds is 6. The van der Waals surface area contributed by atoms with Gasteiger partial charge in [0.15, 0.2) is 6.61 Å². The molecule has 0 spiro atoms. The Balaban J connectivity index is 1.51. The summed E-state index contributed by atoms with van der Waals surface area (Å²) in [6, 6.07) is 19.8. The van der Waals surface area contributed by atoms with Gasteiger partial charge in [0.25, 0.3) is 0 Å². The van der Waals surface area contributed by atoms with E-state index < -0.39 is 30.8 Å². The molecule has 2 N–H and O–H groups in total. The van der Waals surface area contributed by atoms with Crippen molar-refractivity contribution in [1.29, 1.82) is 0 Å². The molecule has 5 rings (SSSR count). The zero-order valence-electron chi connectivity index (χ0n) is 19.5. The second-order valence-electron chi connectivity index (χ2n) is 8.59. The Morgan fingerprint density at radius 1 is 1.14 bits per heavy atom. The molecular weight excluding hydrogens is 482 g/mol. The quantitative estimate of drug-likeness (QED) is 0.357. The maximum absolute atomic E-state index is 13.6. The van der Waals surface area contributed by atoms with Gasteiger partial charge in [-0.3, -0.25) is 10.00 Å². The molecule has 2 atom stereocenters. The highest BCUT2D eigenvalue weighted by Gasteiger charge is 2.36. The van der Waals surface area contributed by atoms with Crippen molar-refractivity contribution in [2.45, 2.75) is 25.5 Å². The number of hydrogen-bond acceptors (Lipinski definition) is 5. The Hall–Kier alpha value is -4.04. The first-order valence-corrected chi connectivity index (χ1v) is 11.9. The third kappa shape index (κ3) is 4.59. The summed E-state index contributed by atoms with van der Waals surface area (Å²) in [5, 5.41) is 17.8. The second kappa shape index (κ2) is 9.91. The number of ether oxygens (including phenoxy) is 2. The molecule has 0 fully saturated rings. The van der Waals surface area contributed by atoms with E-state index in [1.165, 1.54) is 0 Å². The van der Waals surface area contributed by atoms with Gasteiger partial charge in [-0.2, -0.15) is 5.10 Å². The topological polar surface area (TPSA) is 105 Å². The Kier molecular flexibility index (Phi) is 6.52. The molecule has 36 heavy (non-hydrogen) atoms. The van der Waals surface area contributed by atoms with E-state index in [2.05, 4.69) is 10.2 Å². The molecule has 0 radical (unpaired) electrons. The average molecular weight is 506 g/mol. The first-order valence-electron chi connectivity index (χ1n) is 11.5. The maximum Gasteiger partial charge on any atom is 0.411 e. The molecule has 1 unspecified atom stereocenters. The number of carbonyl (C=O) groups is 2. The summed E-state index contributed by atoms with van der Waals surface area (Å²) in [5.74, 6) is -0.759. The monoisotopic (exact) mass is 505 g/mol. The first kappa shape index (κ1) is 23.7. The number of aromatic nitrogens is 2. The number of benzene rings is 3. The lowest BCUT2D eigenvalue weighted by molar-refractivity contribution is -0.139. The van der Waals surface area contributed by atoms with Crippen LogP contribution >= 0.6 is 11.6 Å². The van der Waals surface area contributed by atoms with Crippen LogP contribution in [0.5, 0.6) is 5.75 Å². The van der Waals surface area contributed by atoms with Gasteiger partial charge in [-0.15, -0.1) is 0 Å². The van der Waals surface area contributed by atoms with Crippen LogP contribution in [0, 0.1) is 0 Å². The number of nitrogens with zero attached hydrogens (tertiary/aromatic N) is 2. The molecule has 4 aromatic rings. The highest BCUT2D eigenvalue weighted by atomic mass is 35.5. The fourth-order valence-electron chi connectivity index (χ4n) is 4.67. The third-order valence-corrected chi connectivity index (χ3v) is 6.55. The van der Waals surface area contributed by atoms with Crippen LogP contribution in [-0.2, 0) is 16.0 Å².